The van der Waals surface area contributed by atoms with Gasteiger partial charge in [0.05, 0.1) is 0 Å². The van der Waals surface area contributed by atoms with Gasteiger partial charge in [-0.15, -0.1) is 0 Å². The zero-order valence-corrected chi connectivity index (χ0v) is 9.78. The third-order valence-corrected chi connectivity index (χ3v) is 4.94. The van der Waals surface area contributed by atoms with Crippen LogP contribution in [0.4, 0.5) is 0 Å². The Hall–Kier alpha value is 0.220. The molecule has 13 heavy (non-hydrogen) atoms. The predicted octanol–water partition coefficient (Wildman–Crippen LogP) is 0.276. The second-order valence-electron chi connectivity index (χ2n) is 3.48. The molecule has 0 spiro atoms. The Kier molecular flexibility index (Phi) is 3.62. The smallest absolute Gasteiger partial charge is 0.198 e. The second kappa shape index (κ2) is 4.16. The average Bonchev–Trinajstić information content (AvgIpc) is 2.34. The molecule has 0 aromatic rings. The van der Waals surface area contributed by atoms with Crippen LogP contribution >= 0.6 is 11.8 Å². The zero-order chi connectivity index (χ0) is 10.1. The molecule has 0 aliphatic carbocycles. The van der Waals surface area contributed by atoms with E-state index in [1.165, 1.54) is 18.4 Å². The number of rotatable bonds is 3. The molecule has 1 rings (SSSR count). The highest BCUT2D eigenvalue weighted by Crippen LogP contribution is 2.26. The van der Waals surface area contributed by atoms with Crippen LogP contribution in [0.1, 0.15) is 13.3 Å². The first kappa shape index (κ1) is 11.3. The third kappa shape index (κ3) is 3.12. The summed E-state index contributed by atoms with van der Waals surface area (Å²) >= 11 is 1.81. The van der Waals surface area contributed by atoms with Crippen LogP contribution in [0, 0.1) is 0 Å². The van der Waals surface area contributed by atoms with Gasteiger partial charge in [0.2, 0.25) is 0 Å². The summed E-state index contributed by atoms with van der Waals surface area (Å²) in [5.41, 5.74) is 0. The van der Waals surface area contributed by atoms with E-state index in [9.17, 15) is 8.42 Å². The topological polar surface area (TPSA) is 49.4 Å². The Morgan fingerprint density at radius 1 is 1.46 bits per heavy atom. The van der Waals surface area contributed by atoms with Gasteiger partial charge >= 0.3 is 0 Å². The van der Waals surface area contributed by atoms with Crippen molar-refractivity contribution in [3.63, 3.8) is 0 Å². The summed E-state index contributed by atoms with van der Waals surface area (Å²) in [4.78, 5) is 0. The highest BCUT2D eigenvalue weighted by atomic mass is 32.2. The van der Waals surface area contributed by atoms with E-state index in [2.05, 4.69) is 11.6 Å². The van der Waals surface area contributed by atoms with Crippen molar-refractivity contribution in [2.24, 2.45) is 0 Å². The molecule has 0 aromatic heterocycles. The standard InChI is InChI=1S/C7H16N2O2S2/c1-6-4-7(5-12-6)8-13(10,11)9(2)3/h6-8H,4-5H2,1-3H3. The molecule has 1 fully saturated rings. The van der Waals surface area contributed by atoms with Gasteiger partial charge < -0.3 is 0 Å². The maximum Gasteiger partial charge on any atom is 0.279 e. The minimum absolute atomic E-state index is 0.104. The molecule has 6 heteroatoms. The Bertz CT molecular complexity index is 264. The van der Waals surface area contributed by atoms with E-state index in [1.54, 1.807) is 0 Å². The van der Waals surface area contributed by atoms with E-state index in [0.717, 1.165) is 12.2 Å². The molecule has 0 bridgehead atoms. The second-order valence-corrected chi connectivity index (χ2v) is 6.87. The molecule has 2 unspecified atom stereocenters. The van der Waals surface area contributed by atoms with Crippen LogP contribution in [0.25, 0.3) is 0 Å². The number of nitrogens with zero attached hydrogens (tertiary/aromatic N) is 1. The summed E-state index contributed by atoms with van der Waals surface area (Å²) in [5.74, 6) is 0.883. The summed E-state index contributed by atoms with van der Waals surface area (Å²) < 4.78 is 26.7. The molecule has 2 atom stereocenters. The fourth-order valence-electron chi connectivity index (χ4n) is 1.22. The highest BCUT2D eigenvalue weighted by molar-refractivity contribution is 8.00. The van der Waals surface area contributed by atoms with Crippen LogP contribution < -0.4 is 4.72 Å². The molecular weight excluding hydrogens is 208 g/mol. The van der Waals surface area contributed by atoms with Gasteiger partial charge in [0.25, 0.3) is 10.2 Å². The lowest BCUT2D eigenvalue weighted by Gasteiger charge is -2.16. The molecule has 1 aliphatic heterocycles. The van der Waals surface area contributed by atoms with Crippen molar-refractivity contribution in [3.8, 4) is 0 Å². The molecule has 0 saturated carbocycles. The van der Waals surface area contributed by atoms with E-state index in [1.807, 2.05) is 11.8 Å². The van der Waals surface area contributed by atoms with Gasteiger partial charge in [-0.2, -0.15) is 29.2 Å². The Labute approximate surface area is 84.3 Å². The van der Waals surface area contributed by atoms with Crippen molar-refractivity contribution in [2.75, 3.05) is 19.8 Å². The summed E-state index contributed by atoms with van der Waals surface area (Å²) in [6, 6.07) is 0.104. The fraction of sp³-hybridized carbons (Fsp3) is 1.00. The Morgan fingerprint density at radius 2 is 2.08 bits per heavy atom. The molecule has 0 aromatic carbocycles. The summed E-state index contributed by atoms with van der Waals surface area (Å²) in [7, 11) is -0.164. The SMILES string of the molecule is CC1CC(NS(=O)(=O)N(C)C)CS1. The molecular formula is C7H16N2O2S2. The first-order chi connectivity index (χ1) is 5.92. The van der Waals surface area contributed by atoms with Crippen LogP contribution in [0.5, 0.6) is 0 Å². The number of thioether (sulfide) groups is 1. The van der Waals surface area contributed by atoms with E-state index >= 15 is 0 Å². The van der Waals surface area contributed by atoms with Gasteiger partial charge in [-0.1, -0.05) is 6.92 Å². The molecule has 1 aliphatic rings. The summed E-state index contributed by atoms with van der Waals surface area (Å²) in [6.07, 6.45) is 0.928. The lowest BCUT2D eigenvalue weighted by molar-refractivity contribution is 0.490. The minimum atomic E-state index is -3.24. The van der Waals surface area contributed by atoms with Gasteiger partial charge in [-0.3, -0.25) is 0 Å². The number of nitrogens with one attached hydrogen (secondary N) is 1. The van der Waals surface area contributed by atoms with Crippen molar-refractivity contribution in [1.29, 1.82) is 0 Å². The Morgan fingerprint density at radius 3 is 2.46 bits per heavy atom. The monoisotopic (exact) mass is 224 g/mol. The van der Waals surface area contributed by atoms with E-state index in [4.69, 9.17) is 0 Å². The molecule has 0 amide bonds. The van der Waals surface area contributed by atoms with Crippen LogP contribution in [0.15, 0.2) is 0 Å². The molecule has 4 nitrogen and oxygen atoms in total. The largest absolute Gasteiger partial charge is 0.279 e. The normalized spacial score (nSPS) is 29.8. The highest BCUT2D eigenvalue weighted by Gasteiger charge is 2.26. The number of hydrogen-bond donors (Lipinski definition) is 1. The van der Waals surface area contributed by atoms with Gasteiger partial charge in [0, 0.05) is 31.1 Å². The van der Waals surface area contributed by atoms with Crippen molar-refractivity contribution in [3.05, 3.63) is 0 Å². The van der Waals surface area contributed by atoms with Gasteiger partial charge in [-0.05, 0) is 6.42 Å². The Balaban J connectivity index is 2.50. The first-order valence-electron chi connectivity index (χ1n) is 4.23. The summed E-state index contributed by atoms with van der Waals surface area (Å²) in [5, 5.41) is 0.565. The van der Waals surface area contributed by atoms with Crippen molar-refractivity contribution >= 4 is 22.0 Å². The quantitative estimate of drug-likeness (QED) is 0.749. The lowest BCUT2D eigenvalue weighted by Crippen LogP contribution is -2.42. The van der Waals surface area contributed by atoms with Crippen LogP contribution in [-0.4, -0.2) is 43.9 Å². The van der Waals surface area contributed by atoms with Crippen molar-refractivity contribution in [1.82, 2.24) is 9.03 Å². The molecule has 78 valence electrons. The van der Waals surface area contributed by atoms with Crippen LogP contribution in [0.2, 0.25) is 0 Å². The lowest BCUT2D eigenvalue weighted by atomic mass is 10.2. The van der Waals surface area contributed by atoms with Gasteiger partial charge in [0.15, 0.2) is 0 Å². The number of hydrogen-bond acceptors (Lipinski definition) is 3. The molecule has 1 heterocycles. The van der Waals surface area contributed by atoms with E-state index in [-0.39, 0.29) is 6.04 Å². The van der Waals surface area contributed by atoms with Gasteiger partial charge in [-0.25, -0.2) is 0 Å². The maximum absolute atomic E-state index is 11.4. The molecule has 1 N–H and O–H groups in total. The van der Waals surface area contributed by atoms with Crippen LogP contribution in [-0.2, 0) is 10.2 Å². The van der Waals surface area contributed by atoms with E-state index in [0.29, 0.717) is 5.25 Å². The van der Waals surface area contributed by atoms with Crippen molar-refractivity contribution < 1.29 is 8.42 Å². The summed E-state index contributed by atoms with van der Waals surface area (Å²) in [6.45, 7) is 2.12. The zero-order valence-electron chi connectivity index (χ0n) is 8.15. The molecule has 0 radical (unpaired) electrons. The van der Waals surface area contributed by atoms with Gasteiger partial charge in [0.1, 0.15) is 0 Å². The first-order valence-corrected chi connectivity index (χ1v) is 6.72. The minimum Gasteiger partial charge on any atom is -0.198 e. The third-order valence-electron chi connectivity index (χ3n) is 1.99. The fourth-order valence-corrected chi connectivity index (χ4v) is 3.28. The maximum atomic E-state index is 11.4. The van der Waals surface area contributed by atoms with Crippen LogP contribution in [0.3, 0.4) is 0 Å². The molecule has 1 saturated heterocycles. The average molecular weight is 224 g/mol. The van der Waals surface area contributed by atoms with E-state index < -0.39 is 10.2 Å². The van der Waals surface area contributed by atoms with Crippen molar-refractivity contribution in [2.45, 2.75) is 24.6 Å². The predicted molar refractivity (Wildman–Crippen MR) is 56.1 cm³/mol.